The zero-order valence-electron chi connectivity index (χ0n) is 16.3. The third kappa shape index (κ3) is 6.35. The van der Waals surface area contributed by atoms with E-state index in [1.54, 1.807) is 19.4 Å². The Balaban J connectivity index is 1.30. The van der Waals surface area contributed by atoms with Gasteiger partial charge in [-0.2, -0.15) is 0 Å². The summed E-state index contributed by atoms with van der Waals surface area (Å²) in [5, 5.41) is 7.46. The minimum atomic E-state index is 0.723. The summed E-state index contributed by atoms with van der Waals surface area (Å²) in [4.78, 5) is 17.7. The molecule has 0 aliphatic carbocycles. The predicted octanol–water partition coefficient (Wildman–Crippen LogP) is 2.01. The fraction of sp³-hybridized carbons (Fsp3) is 0.450. The summed E-state index contributed by atoms with van der Waals surface area (Å²) in [6.07, 6.45) is 4.67. The molecule has 3 rings (SSSR count). The summed E-state index contributed by atoms with van der Waals surface area (Å²) in [5.74, 6) is 1.65. The van der Waals surface area contributed by atoms with Crippen LogP contribution in [0.15, 0.2) is 47.7 Å². The molecule has 0 atom stereocenters. The number of nitrogens with one attached hydrogen (secondary N) is 2. The smallest absolute Gasteiger partial charge is 0.225 e. The molecule has 2 aromatic rings. The summed E-state index contributed by atoms with van der Waals surface area (Å²) in [6.45, 7) is 6.72. The summed E-state index contributed by atoms with van der Waals surface area (Å²) in [5.41, 5.74) is 1.17. The molecular formula is C20H28ClN7. The van der Waals surface area contributed by atoms with Crippen molar-refractivity contribution < 1.29 is 0 Å². The van der Waals surface area contributed by atoms with Crippen molar-refractivity contribution in [3.05, 3.63) is 53.3 Å². The Hall–Kier alpha value is -2.38. The van der Waals surface area contributed by atoms with Crippen LogP contribution in [0.3, 0.4) is 0 Å². The first-order valence-electron chi connectivity index (χ1n) is 9.68. The highest BCUT2D eigenvalue weighted by Crippen LogP contribution is 2.10. The molecule has 150 valence electrons. The van der Waals surface area contributed by atoms with Crippen molar-refractivity contribution in [3.63, 3.8) is 0 Å². The minimum Gasteiger partial charge on any atom is -0.356 e. The number of benzene rings is 1. The van der Waals surface area contributed by atoms with Crippen LogP contribution in [0, 0.1) is 0 Å². The Morgan fingerprint density at radius 3 is 2.46 bits per heavy atom. The number of nitrogens with zero attached hydrogens (tertiary/aromatic N) is 5. The van der Waals surface area contributed by atoms with Gasteiger partial charge in [0.1, 0.15) is 0 Å². The molecular weight excluding hydrogens is 374 g/mol. The van der Waals surface area contributed by atoms with E-state index in [1.807, 2.05) is 30.3 Å². The lowest BCUT2D eigenvalue weighted by atomic mass is 10.2. The Bertz CT molecular complexity index is 728. The average Bonchev–Trinajstić information content (AvgIpc) is 2.75. The topological polar surface area (TPSA) is 68.7 Å². The van der Waals surface area contributed by atoms with Gasteiger partial charge in [-0.3, -0.25) is 9.89 Å². The minimum absolute atomic E-state index is 0.723. The third-order valence-corrected chi connectivity index (χ3v) is 5.00. The molecule has 1 aliphatic heterocycles. The van der Waals surface area contributed by atoms with Crippen LogP contribution in [0.5, 0.6) is 0 Å². The van der Waals surface area contributed by atoms with Gasteiger partial charge in [0.15, 0.2) is 5.96 Å². The lowest BCUT2D eigenvalue weighted by Gasteiger charge is -2.34. The third-order valence-electron chi connectivity index (χ3n) is 4.75. The van der Waals surface area contributed by atoms with Crippen molar-refractivity contribution in [1.82, 2.24) is 25.5 Å². The number of rotatable bonds is 7. The van der Waals surface area contributed by atoms with Gasteiger partial charge >= 0.3 is 0 Å². The number of guanidine groups is 1. The van der Waals surface area contributed by atoms with E-state index >= 15 is 0 Å². The van der Waals surface area contributed by atoms with Gasteiger partial charge in [-0.15, -0.1) is 0 Å². The molecule has 0 spiro atoms. The molecule has 1 aliphatic rings. The van der Waals surface area contributed by atoms with Gasteiger partial charge in [0.25, 0.3) is 0 Å². The molecule has 1 saturated heterocycles. The van der Waals surface area contributed by atoms with E-state index in [9.17, 15) is 0 Å². The Labute approximate surface area is 171 Å². The van der Waals surface area contributed by atoms with Crippen LogP contribution in [0.25, 0.3) is 0 Å². The fourth-order valence-corrected chi connectivity index (χ4v) is 3.27. The summed E-state index contributed by atoms with van der Waals surface area (Å²) >= 11 is 5.92. The van der Waals surface area contributed by atoms with Gasteiger partial charge in [0.2, 0.25) is 5.95 Å². The average molecular weight is 402 g/mol. The van der Waals surface area contributed by atoms with Gasteiger partial charge in [-0.1, -0.05) is 23.7 Å². The first-order valence-corrected chi connectivity index (χ1v) is 10.1. The molecule has 0 radical (unpaired) electrons. The Kier molecular flexibility index (Phi) is 7.87. The number of hydrogen-bond acceptors (Lipinski definition) is 5. The van der Waals surface area contributed by atoms with Crippen molar-refractivity contribution in [2.24, 2.45) is 4.99 Å². The molecule has 0 saturated carbocycles. The van der Waals surface area contributed by atoms with Crippen LogP contribution >= 0.6 is 11.6 Å². The number of piperazine rings is 1. The first kappa shape index (κ1) is 20.4. The molecule has 28 heavy (non-hydrogen) atoms. The van der Waals surface area contributed by atoms with E-state index in [4.69, 9.17) is 11.6 Å². The zero-order chi connectivity index (χ0) is 19.6. The van der Waals surface area contributed by atoms with Crippen molar-refractivity contribution in [2.75, 3.05) is 51.2 Å². The first-order chi connectivity index (χ1) is 13.7. The molecule has 1 aromatic heterocycles. The lowest BCUT2D eigenvalue weighted by Crippen LogP contribution is -2.47. The molecule has 0 bridgehead atoms. The van der Waals surface area contributed by atoms with Crippen molar-refractivity contribution in [3.8, 4) is 0 Å². The predicted molar refractivity (Wildman–Crippen MR) is 115 cm³/mol. The number of anilines is 1. The maximum atomic E-state index is 5.92. The second kappa shape index (κ2) is 10.8. The van der Waals surface area contributed by atoms with Crippen LogP contribution in [-0.4, -0.2) is 67.1 Å². The molecule has 0 unspecified atom stereocenters. The quantitative estimate of drug-likeness (QED) is 0.420. The summed E-state index contributed by atoms with van der Waals surface area (Å²) in [6, 6.07) is 9.69. The maximum absolute atomic E-state index is 5.92. The van der Waals surface area contributed by atoms with Gasteiger partial charge in [-0.25, -0.2) is 9.97 Å². The Morgan fingerprint density at radius 1 is 1.07 bits per heavy atom. The van der Waals surface area contributed by atoms with E-state index in [1.165, 1.54) is 5.56 Å². The van der Waals surface area contributed by atoms with E-state index in [2.05, 4.69) is 35.4 Å². The normalized spacial score (nSPS) is 15.5. The highest BCUT2D eigenvalue weighted by atomic mass is 35.5. The monoisotopic (exact) mass is 401 g/mol. The molecule has 1 aromatic carbocycles. The van der Waals surface area contributed by atoms with Crippen LogP contribution in [0.2, 0.25) is 5.02 Å². The van der Waals surface area contributed by atoms with E-state index in [-0.39, 0.29) is 0 Å². The second-order valence-corrected chi connectivity index (χ2v) is 7.15. The SMILES string of the molecule is CN=C(NCCCN1CCN(c2ncccn2)CC1)NCc1ccc(Cl)cc1. The van der Waals surface area contributed by atoms with Crippen molar-refractivity contribution in [1.29, 1.82) is 0 Å². The second-order valence-electron chi connectivity index (χ2n) is 6.71. The molecule has 7 nitrogen and oxygen atoms in total. The standard InChI is InChI=1S/C20H28ClN7/c1-22-19(26-16-17-4-6-18(21)7-5-17)23-10-3-11-27-12-14-28(15-13-27)20-24-8-2-9-25-20/h2,4-9H,3,10-16H2,1H3,(H2,22,23,26). The van der Waals surface area contributed by atoms with Crippen LogP contribution in [-0.2, 0) is 6.54 Å². The van der Waals surface area contributed by atoms with E-state index in [0.717, 1.165) is 69.2 Å². The zero-order valence-corrected chi connectivity index (χ0v) is 17.1. The van der Waals surface area contributed by atoms with E-state index in [0.29, 0.717) is 0 Å². The summed E-state index contributed by atoms with van der Waals surface area (Å²) < 4.78 is 0. The number of aliphatic imine (C=N–C) groups is 1. The van der Waals surface area contributed by atoms with Crippen LogP contribution in [0.4, 0.5) is 5.95 Å². The number of hydrogen-bond donors (Lipinski definition) is 2. The Morgan fingerprint density at radius 2 is 1.79 bits per heavy atom. The van der Waals surface area contributed by atoms with Crippen LogP contribution < -0.4 is 15.5 Å². The number of halogens is 1. The molecule has 8 heteroatoms. The largest absolute Gasteiger partial charge is 0.356 e. The molecule has 0 amide bonds. The van der Waals surface area contributed by atoms with Gasteiger partial charge in [0.05, 0.1) is 0 Å². The fourth-order valence-electron chi connectivity index (χ4n) is 3.14. The van der Waals surface area contributed by atoms with Crippen molar-refractivity contribution in [2.45, 2.75) is 13.0 Å². The highest BCUT2D eigenvalue weighted by Gasteiger charge is 2.18. The van der Waals surface area contributed by atoms with E-state index < -0.39 is 0 Å². The van der Waals surface area contributed by atoms with Gasteiger partial charge in [-0.05, 0) is 36.7 Å². The van der Waals surface area contributed by atoms with Crippen molar-refractivity contribution >= 4 is 23.5 Å². The molecule has 2 N–H and O–H groups in total. The summed E-state index contributed by atoms with van der Waals surface area (Å²) in [7, 11) is 1.79. The van der Waals surface area contributed by atoms with Gasteiger partial charge in [0, 0.05) is 63.7 Å². The highest BCUT2D eigenvalue weighted by molar-refractivity contribution is 6.30. The molecule has 1 fully saturated rings. The molecule has 2 heterocycles. The van der Waals surface area contributed by atoms with Crippen LogP contribution in [0.1, 0.15) is 12.0 Å². The number of aromatic nitrogens is 2. The van der Waals surface area contributed by atoms with Gasteiger partial charge < -0.3 is 15.5 Å². The maximum Gasteiger partial charge on any atom is 0.225 e. The lowest BCUT2D eigenvalue weighted by molar-refractivity contribution is 0.254.